The fourth-order valence-corrected chi connectivity index (χ4v) is 5.08. The first-order valence-electron chi connectivity index (χ1n) is 14.3. The van der Waals surface area contributed by atoms with Crippen LogP contribution in [-0.4, -0.2) is 44.8 Å². The molecule has 224 valence electrons. The summed E-state index contributed by atoms with van der Waals surface area (Å²) in [5.74, 6) is 0.287. The maximum atomic E-state index is 13.3. The molecule has 42 heavy (non-hydrogen) atoms. The molecule has 3 aromatic rings. The average molecular weight is 583 g/mol. The predicted molar refractivity (Wildman–Crippen MR) is 159 cm³/mol. The SMILES string of the molecule is CCOCCCNC(=O)c1cc(NC(=O)Nc2cccc(C(F)(F)F)c2)ccc1N1CCC(Cc2ccccc2)CC1. The second-order valence-electron chi connectivity index (χ2n) is 10.3. The second-order valence-corrected chi connectivity index (χ2v) is 10.3. The van der Waals surface area contributed by atoms with Gasteiger partial charge in [-0.15, -0.1) is 0 Å². The number of amides is 3. The van der Waals surface area contributed by atoms with Crippen LogP contribution in [0.4, 0.5) is 35.0 Å². The summed E-state index contributed by atoms with van der Waals surface area (Å²) >= 11 is 0. The van der Waals surface area contributed by atoms with Gasteiger partial charge in [-0.1, -0.05) is 36.4 Å². The van der Waals surface area contributed by atoms with Gasteiger partial charge in [-0.05, 0) is 80.5 Å². The van der Waals surface area contributed by atoms with Crippen LogP contribution in [0.1, 0.15) is 47.7 Å². The third kappa shape index (κ3) is 8.97. The molecule has 3 aromatic carbocycles. The molecule has 0 aliphatic carbocycles. The number of carbonyl (C=O) groups is 2. The van der Waals surface area contributed by atoms with Crippen molar-refractivity contribution >= 4 is 29.0 Å². The molecule has 10 heteroatoms. The van der Waals surface area contributed by atoms with Crippen molar-refractivity contribution in [3.05, 3.63) is 89.5 Å². The largest absolute Gasteiger partial charge is 0.416 e. The van der Waals surface area contributed by atoms with E-state index in [1.165, 1.54) is 17.7 Å². The minimum atomic E-state index is -4.52. The summed E-state index contributed by atoms with van der Waals surface area (Å²) in [5, 5.41) is 8.01. The van der Waals surface area contributed by atoms with E-state index in [1.807, 2.05) is 19.1 Å². The Morgan fingerprint density at radius 2 is 1.64 bits per heavy atom. The third-order valence-electron chi connectivity index (χ3n) is 7.22. The Bertz CT molecular complexity index is 1330. The summed E-state index contributed by atoms with van der Waals surface area (Å²) in [5.41, 5.74) is 2.01. The Morgan fingerprint density at radius 3 is 2.33 bits per heavy atom. The van der Waals surface area contributed by atoms with Gasteiger partial charge in [0.05, 0.1) is 11.1 Å². The monoisotopic (exact) mass is 582 g/mol. The van der Waals surface area contributed by atoms with E-state index in [0.29, 0.717) is 43.3 Å². The average Bonchev–Trinajstić information content (AvgIpc) is 2.97. The molecular weight excluding hydrogens is 545 g/mol. The second kappa shape index (κ2) is 14.7. The summed E-state index contributed by atoms with van der Waals surface area (Å²) in [4.78, 5) is 28.1. The zero-order chi connectivity index (χ0) is 30.0. The molecule has 3 N–H and O–H groups in total. The molecule has 3 amide bonds. The van der Waals surface area contributed by atoms with Gasteiger partial charge >= 0.3 is 12.2 Å². The van der Waals surface area contributed by atoms with Gasteiger partial charge in [-0.25, -0.2) is 4.79 Å². The quantitative estimate of drug-likeness (QED) is 0.213. The summed E-state index contributed by atoms with van der Waals surface area (Å²) in [7, 11) is 0. The lowest BCUT2D eigenvalue weighted by atomic mass is 9.89. The van der Waals surface area contributed by atoms with Crippen LogP contribution in [0.2, 0.25) is 0 Å². The Labute approximate surface area is 244 Å². The van der Waals surface area contributed by atoms with E-state index in [2.05, 4.69) is 45.1 Å². The van der Waals surface area contributed by atoms with Crippen LogP contribution in [-0.2, 0) is 17.3 Å². The van der Waals surface area contributed by atoms with Crippen LogP contribution < -0.4 is 20.9 Å². The Hall–Kier alpha value is -4.05. The molecule has 1 fully saturated rings. The molecule has 0 bridgehead atoms. The number of ether oxygens (including phenoxy) is 1. The Balaban J connectivity index is 1.45. The van der Waals surface area contributed by atoms with Crippen molar-refractivity contribution in [3.8, 4) is 0 Å². The van der Waals surface area contributed by atoms with E-state index < -0.39 is 17.8 Å². The number of halogens is 3. The van der Waals surface area contributed by atoms with Gasteiger partial charge in [0.2, 0.25) is 0 Å². The van der Waals surface area contributed by atoms with Crippen LogP contribution >= 0.6 is 0 Å². The molecule has 0 aromatic heterocycles. The van der Waals surface area contributed by atoms with Crippen LogP contribution in [0.15, 0.2) is 72.8 Å². The summed E-state index contributed by atoms with van der Waals surface area (Å²) in [6, 6.07) is 19.2. The smallest absolute Gasteiger partial charge is 0.382 e. The highest BCUT2D eigenvalue weighted by Gasteiger charge is 2.30. The van der Waals surface area contributed by atoms with Crippen molar-refractivity contribution in [2.75, 3.05) is 48.4 Å². The maximum Gasteiger partial charge on any atom is 0.416 e. The zero-order valence-corrected chi connectivity index (χ0v) is 23.7. The van der Waals surface area contributed by atoms with Gasteiger partial charge in [-0.2, -0.15) is 13.2 Å². The van der Waals surface area contributed by atoms with Crippen LogP contribution in [0.5, 0.6) is 0 Å². The van der Waals surface area contributed by atoms with Crippen molar-refractivity contribution in [1.29, 1.82) is 0 Å². The highest BCUT2D eigenvalue weighted by atomic mass is 19.4. The number of anilines is 3. The van der Waals surface area contributed by atoms with Crippen molar-refractivity contribution < 1.29 is 27.5 Å². The molecule has 0 unspecified atom stereocenters. The lowest BCUT2D eigenvalue weighted by Crippen LogP contribution is -2.36. The topological polar surface area (TPSA) is 82.7 Å². The first-order chi connectivity index (χ1) is 20.2. The van der Waals surface area contributed by atoms with E-state index in [-0.39, 0.29) is 11.6 Å². The molecule has 1 aliphatic heterocycles. The standard InChI is InChI=1S/C32H37F3N4O3/c1-2-42-19-7-16-36-30(40)28-22-27(38-31(41)37-26-11-6-10-25(21-26)32(33,34)35)12-13-29(28)39-17-14-24(15-18-39)20-23-8-4-3-5-9-23/h3-6,8-13,21-22,24H,2,7,14-20H2,1H3,(H,36,40)(H2,37,38,41). The van der Waals surface area contributed by atoms with Crippen LogP contribution in [0.25, 0.3) is 0 Å². The van der Waals surface area contributed by atoms with Gasteiger partial charge < -0.3 is 25.6 Å². The van der Waals surface area contributed by atoms with Crippen LogP contribution in [0, 0.1) is 5.92 Å². The number of hydrogen-bond donors (Lipinski definition) is 3. The molecule has 7 nitrogen and oxygen atoms in total. The van der Waals surface area contributed by atoms with Gasteiger partial charge in [0, 0.05) is 49.9 Å². The summed E-state index contributed by atoms with van der Waals surface area (Å²) in [6.07, 6.45) is -0.860. The number of piperidine rings is 1. The first kappa shape index (κ1) is 30.9. The molecular formula is C32H37F3N4O3. The van der Waals surface area contributed by atoms with E-state index >= 15 is 0 Å². The molecule has 1 aliphatic rings. The molecule has 1 heterocycles. The Kier molecular flexibility index (Phi) is 10.8. The summed E-state index contributed by atoms with van der Waals surface area (Å²) in [6.45, 7) is 5.08. The molecule has 4 rings (SSSR count). The van der Waals surface area contributed by atoms with E-state index in [4.69, 9.17) is 4.74 Å². The number of nitrogens with zero attached hydrogens (tertiary/aromatic N) is 1. The maximum absolute atomic E-state index is 13.3. The van der Waals surface area contributed by atoms with Crippen LogP contribution in [0.3, 0.4) is 0 Å². The van der Waals surface area contributed by atoms with Crippen molar-refractivity contribution in [1.82, 2.24) is 5.32 Å². The molecule has 0 radical (unpaired) electrons. The van der Waals surface area contributed by atoms with E-state index in [0.717, 1.165) is 50.2 Å². The van der Waals surface area contributed by atoms with E-state index in [1.54, 1.807) is 12.1 Å². The molecule has 1 saturated heterocycles. The highest BCUT2D eigenvalue weighted by molar-refractivity contribution is 6.04. The molecule has 0 atom stereocenters. The number of urea groups is 1. The van der Waals surface area contributed by atoms with Gasteiger partial charge in [0.25, 0.3) is 5.91 Å². The fourth-order valence-electron chi connectivity index (χ4n) is 5.08. The van der Waals surface area contributed by atoms with Gasteiger partial charge in [0.1, 0.15) is 0 Å². The van der Waals surface area contributed by atoms with Crippen molar-refractivity contribution in [2.24, 2.45) is 5.92 Å². The number of hydrogen-bond acceptors (Lipinski definition) is 4. The number of nitrogens with one attached hydrogen (secondary N) is 3. The van der Waals surface area contributed by atoms with E-state index in [9.17, 15) is 22.8 Å². The highest BCUT2D eigenvalue weighted by Crippen LogP contribution is 2.32. The van der Waals surface area contributed by atoms with Gasteiger partial charge in [0.15, 0.2) is 0 Å². The zero-order valence-electron chi connectivity index (χ0n) is 23.7. The first-order valence-corrected chi connectivity index (χ1v) is 14.3. The number of alkyl halides is 3. The normalized spacial score (nSPS) is 14.0. The Morgan fingerprint density at radius 1 is 0.929 bits per heavy atom. The number of carbonyl (C=O) groups excluding carboxylic acids is 2. The lowest BCUT2D eigenvalue weighted by molar-refractivity contribution is -0.137. The fraction of sp³-hybridized carbons (Fsp3) is 0.375. The lowest BCUT2D eigenvalue weighted by Gasteiger charge is -2.35. The number of rotatable bonds is 11. The predicted octanol–water partition coefficient (Wildman–Crippen LogP) is 6.96. The summed E-state index contributed by atoms with van der Waals surface area (Å²) < 4.78 is 44.5. The minimum Gasteiger partial charge on any atom is -0.382 e. The van der Waals surface area contributed by atoms with Crippen molar-refractivity contribution in [2.45, 2.75) is 38.8 Å². The van der Waals surface area contributed by atoms with Crippen molar-refractivity contribution in [3.63, 3.8) is 0 Å². The van der Waals surface area contributed by atoms with Gasteiger partial charge in [-0.3, -0.25) is 4.79 Å². The number of benzene rings is 3. The minimum absolute atomic E-state index is 0.00424. The molecule has 0 saturated carbocycles. The molecule has 0 spiro atoms. The third-order valence-corrected chi connectivity index (χ3v) is 7.22.